The summed E-state index contributed by atoms with van der Waals surface area (Å²) in [4.78, 5) is 31.7. The number of benzene rings is 3. The summed E-state index contributed by atoms with van der Waals surface area (Å²) >= 11 is 2.93. The molecular weight excluding hydrogens is 438 g/mol. The number of carbonyl (C=O) groups excluding carboxylic acids is 2. The fraction of sp³-hybridized carbons (Fsp3) is 0.0800. The zero-order valence-corrected chi connectivity index (χ0v) is 18.8. The molecule has 2 heterocycles. The molecule has 1 atom stereocenters. The van der Waals surface area contributed by atoms with Gasteiger partial charge in [-0.3, -0.25) is 14.9 Å². The summed E-state index contributed by atoms with van der Waals surface area (Å²) in [5.74, 6) is -0.321. The summed E-state index contributed by atoms with van der Waals surface area (Å²) in [5.41, 5.74) is 4.01. The minimum atomic E-state index is -0.265. The van der Waals surface area contributed by atoms with Gasteiger partial charge in [0, 0.05) is 16.0 Å². The molecule has 1 aliphatic heterocycles. The van der Waals surface area contributed by atoms with Gasteiger partial charge >= 0.3 is 0 Å². The second-order valence-electron chi connectivity index (χ2n) is 7.34. The van der Waals surface area contributed by atoms with Gasteiger partial charge in [0.1, 0.15) is 0 Å². The largest absolute Gasteiger partial charge is 0.324 e. The van der Waals surface area contributed by atoms with E-state index in [4.69, 9.17) is 4.98 Å². The molecule has 0 saturated carbocycles. The summed E-state index contributed by atoms with van der Waals surface area (Å²) in [6, 6.07) is 25.3. The highest BCUT2D eigenvalue weighted by Gasteiger charge is 2.24. The Morgan fingerprint density at radius 2 is 1.66 bits per heavy atom. The van der Waals surface area contributed by atoms with Crippen LogP contribution in [0.25, 0.3) is 21.7 Å². The third kappa shape index (κ3) is 4.04. The predicted octanol–water partition coefficient (Wildman–Crippen LogP) is 6.16. The van der Waals surface area contributed by atoms with Crippen molar-refractivity contribution in [3.05, 3.63) is 84.4 Å². The Labute approximate surface area is 193 Å². The zero-order chi connectivity index (χ0) is 22.1. The van der Waals surface area contributed by atoms with Crippen LogP contribution in [0.4, 0.5) is 10.8 Å². The number of nitrogens with zero attached hydrogens (tertiary/aromatic N) is 1. The highest BCUT2D eigenvalue weighted by Crippen LogP contribution is 2.39. The second kappa shape index (κ2) is 8.61. The Balaban J connectivity index is 1.46. The molecule has 5 nitrogen and oxygen atoms in total. The first-order chi connectivity index (χ1) is 15.6. The lowest BCUT2D eigenvalue weighted by molar-refractivity contribution is -0.115. The van der Waals surface area contributed by atoms with Gasteiger partial charge in [-0.2, -0.15) is 0 Å². The van der Waals surface area contributed by atoms with Gasteiger partial charge in [0.25, 0.3) is 5.91 Å². The number of fused-ring (bicyclic) bond motifs is 1. The molecule has 7 heteroatoms. The standard InChI is InChI=1S/C25H19N3O2S2/c1-15-23(29)26-19-14-18(12-13-20(19)31-15)24(30)28-25-27-21(16-8-4-2-5-9-16)22(32-25)17-10-6-3-7-11-17/h2-15H,1H3,(H,26,29)(H,27,28,30). The highest BCUT2D eigenvalue weighted by molar-refractivity contribution is 8.00. The summed E-state index contributed by atoms with van der Waals surface area (Å²) in [5, 5.41) is 6.18. The number of hydrogen-bond donors (Lipinski definition) is 2. The van der Waals surface area contributed by atoms with E-state index in [2.05, 4.69) is 10.6 Å². The maximum absolute atomic E-state index is 13.0. The average Bonchev–Trinajstić information content (AvgIpc) is 3.24. The minimum absolute atomic E-state index is 0.0556. The molecule has 2 N–H and O–H groups in total. The first-order valence-electron chi connectivity index (χ1n) is 10.1. The van der Waals surface area contributed by atoms with Crippen molar-refractivity contribution in [3.8, 4) is 21.7 Å². The summed E-state index contributed by atoms with van der Waals surface area (Å²) in [7, 11) is 0. The van der Waals surface area contributed by atoms with Gasteiger partial charge < -0.3 is 5.32 Å². The number of hydrogen-bond acceptors (Lipinski definition) is 5. The summed E-state index contributed by atoms with van der Waals surface area (Å²) < 4.78 is 0. The Morgan fingerprint density at radius 3 is 2.38 bits per heavy atom. The minimum Gasteiger partial charge on any atom is -0.324 e. The average molecular weight is 458 g/mol. The Hall–Kier alpha value is -3.42. The van der Waals surface area contributed by atoms with Crippen molar-refractivity contribution in [1.82, 2.24) is 4.98 Å². The Morgan fingerprint density at radius 1 is 0.969 bits per heavy atom. The van der Waals surface area contributed by atoms with E-state index in [0.29, 0.717) is 16.4 Å². The number of aromatic nitrogens is 1. The number of thioether (sulfide) groups is 1. The maximum Gasteiger partial charge on any atom is 0.257 e. The molecule has 0 aliphatic carbocycles. The van der Waals surface area contributed by atoms with E-state index >= 15 is 0 Å². The fourth-order valence-electron chi connectivity index (χ4n) is 3.47. The van der Waals surface area contributed by atoms with E-state index in [1.54, 1.807) is 12.1 Å². The SMILES string of the molecule is CC1Sc2ccc(C(=O)Nc3nc(-c4ccccc4)c(-c4ccccc4)s3)cc2NC1=O. The first kappa shape index (κ1) is 20.5. The number of anilines is 2. The van der Waals surface area contributed by atoms with Crippen LogP contribution in [-0.4, -0.2) is 22.0 Å². The molecule has 32 heavy (non-hydrogen) atoms. The van der Waals surface area contributed by atoms with Crippen molar-refractivity contribution >= 4 is 45.7 Å². The third-order valence-electron chi connectivity index (χ3n) is 5.10. The lowest BCUT2D eigenvalue weighted by atomic mass is 10.1. The van der Waals surface area contributed by atoms with Crippen LogP contribution < -0.4 is 10.6 Å². The van der Waals surface area contributed by atoms with Crippen LogP contribution in [0.3, 0.4) is 0 Å². The van der Waals surface area contributed by atoms with Crippen LogP contribution in [0, 0.1) is 0 Å². The molecule has 1 unspecified atom stereocenters. The lowest BCUT2D eigenvalue weighted by Gasteiger charge is -2.21. The van der Waals surface area contributed by atoms with E-state index < -0.39 is 0 Å². The number of rotatable bonds is 4. The van der Waals surface area contributed by atoms with Crippen molar-refractivity contribution < 1.29 is 9.59 Å². The quantitative estimate of drug-likeness (QED) is 0.385. The number of nitrogens with one attached hydrogen (secondary N) is 2. The third-order valence-corrected chi connectivity index (χ3v) is 7.30. The van der Waals surface area contributed by atoms with Gasteiger partial charge in [-0.25, -0.2) is 4.98 Å². The molecule has 1 aliphatic rings. The van der Waals surface area contributed by atoms with Crippen LogP contribution in [0.5, 0.6) is 0 Å². The van der Waals surface area contributed by atoms with Crippen LogP contribution in [-0.2, 0) is 4.79 Å². The predicted molar refractivity (Wildman–Crippen MR) is 131 cm³/mol. The first-order valence-corrected chi connectivity index (χ1v) is 11.8. The van der Waals surface area contributed by atoms with Gasteiger partial charge in [-0.15, -0.1) is 11.8 Å². The zero-order valence-electron chi connectivity index (χ0n) is 17.2. The molecule has 0 spiro atoms. The number of thiazole rings is 1. The van der Waals surface area contributed by atoms with Crippen molar-refractivity contribution in [2.45, 2.75) is 17.1 Å². The Bertz CT molecular complexity index is 1250. The normalized spacial score (nSPS) is 15.0. The molecule has 2 amide bonds. The van der Waals surface area contributed by atoms with Crippen molar-refractivity contribution in [2.24, 2.45) is 0 Å². The van der Waals surface area contributed by atoms with Crippen molar-refractivity contribution in [2.75, 3.05) is 10.6 Å². The van der Waals surface area contributed by atoms with E-state index in [1.165, 1.54) is 23.1 Å². The molecule has 5 rings (SSSR count). The smallest absolute Gasteiger partial charge is 0.257 e. The van der Waals surface area contributed by atoms with Crippen LogP contribution in [0.2, 0.25) is 0 Å². The van der Waals surface area contributed by atoms with Gasteiger partial charge in [-0.05, 0) is 30.7 Å². The molecule has 0 saturated heterocycles. The highest BCUT2D eigenvalue weighted by atomic mass is 32.2. The van der Waals surface area contributed by atoms with E-state index in [0.717, 1.165) is 26.6 Å². The van der Waals surface area contributed by atoms with Crippen molar-refractivity contribution in [1.29, 1.82) is 0 Å². The summed E-state index contributed by atoms with van der Waals surface area (Å²) in [6.07, 6.45) is 0. The number of amides is 2. The summed E-state index contributed by atoms with van der Waals surface area (Å²) in [6.45, 7) is 1.86. The van der Waals surface area contributed by atoms with Gasteiger partial charge in [0.2, 0.25) is 5.91 Å². The van der Waals surface area contributed by atoms with Crippen LogP contribution >= 0.6 is 23.1 Å². The molecular formula is C25H19N3O2S2. The Kier molecular flexibility index (Phi) is 5.51. The maximum atomic E-state index is 13.0. The van der Waals surface area contributed by atoms with Crippen molar-refractivity contribution in [3.63, 3.8) is 0 Å². The van der Waals surface area contributed by atoms with E-state index in [1.807, 2.05) is 73.7 Å². The second-order valence-corrected chi connectivity index (χ2v) is 9.72. The van der Waals surface area contributed by atoms with Gasteiger partial charge in [0.15, 0.2) is 5.13 Å². The number of carbonyl (C=O) groups is 2. The van der Waals surface area contributed by atoms with Gasteiger partial charge in [-0.1, -0.05) is 72.0 Å². The monoisotopic (exact) mass is 457 g/mol. The molecule has 4 aromatic rings. The van der Waals surface area contributed by atoms with E-state index in [-0.39, 0.29) is 17.1 Å². The van der Waals surface area contributed by atoms with Crippen LogP contribution in [0.15, 0.2) is 83.8 Å². The lowest BCUT2D eigenvalue weighted by Crippen LogP contribution is -2.26. The molecule has 0 fully saturated rings. The molecule has 0 bridgehead atoms. The van der Waals surface area contributed by atoms with E-state index in [9.17, 15) is 9.59 Å². The topological polar surface area (TPSA) is 71.1 Å². The molecule has 3 aromatic carbocycles. The fourth-order valence-corrected chi connectivity index (χ4v) is 5.39. The molecule has 158 valence electrons. The molecule has 1 aromatic heterocycles. The van der Waals surface area contributed by atoms with Gasteiger partial charge in [0.05, 0.1) is 21.5 Å². The molecule has 0 radical (unpaired) electrons. The van der Waals surface area contributed by atoms with Crippen LogP contribution in [0.1, 0.15) is 17.3 Å².